The molecule has 0 saturated carbocycles. The first-order valence-electron chi connectivity index (χ1n) is 9.14. The van der Waals surface area contributed by atoms with Crippen molar-refractivity contribution in [3.05, 3.63) is 23.8 Å². The average Bonchev–Trinajstić information content (AvgIpc) is 3.13. The zero-order chi connectivity index (χ0) is 19.9. The van der Waals surface area contributed by atoms with E-state index in [2.05, 4.69) is 25.1 Å². The van der Waals surface area contributed by atoms with Crippen molar-refractivity contribution in [3.8, 4) is 0 Å². The third-order valence-electron chi connectivity index (χ3n) is 5.07. The van der Waals surface area contributed by atoms with Crippen LogP contribution in [-0.2, 0) is 4.79 Å². The number of hydrogen-bond acceptors (Lipinski definition) is 5. The smallest absolute Gasteiger partial charge is 0.346 e. The van der Waals surface area contributed by atoms with Crippen LogP contribution in [-0.4, -0.2) is 55.2 Å². The Balaban J connectivity index is 1.66. The number of carbonyl (C=O) groups is 1. The van der Waals surface area contributed by atoms with Gasteiger partial charge in [-0.15, -0.1) is 10.2 Å². The summed E-state index contributed by atoms with van der Waals surface area (Å²) in [4.78, 5) is 25.7. The highest BCUT2D eigenvalue weighted by Crippen LogP contribution is 2.33. The highest BCUT2D eigenvalue weighted by molar-refractivity contribution is 6.02. The number of aryl methyl sites for hydroxylation is 1. The number of carbonyl (C=O) groups excluding carboxylic acids is 1. The molecule has 4 rings (SSSR count). The van der Waals surface area contributed by atoms with Gasteiger partial charge in [0.05, 0.1) is 11.8 Å². The molecule has 1 amide bonds. The molecule has 0 spiro atoms. The average molecular weight is 392 g/mol. The molecule has 1 atom stereocenters. The predicted molar refractivity (Wildman–Crippen MR) is 95.6 cm³/mol. The Morgan fingerprint density at radius 2 is 2.11 bits per heavy atom. The lowest BCUT2D eigenvalue weighted by Crippen LogP contribution is -2.39. The number of halogens is 3. The molecule has 1 fully saturated rings. The van der Waals surface area contributed by atoms with Crippen LogP contribution in [0.25, 0.3) is 22.1 Å². The van der Waals surface area contributed by atoms with Gasteiger partial charge in [-0.05, 0) is 25.8 Å². The van der Waals surface area contributed by atoms with E-state index in [4.69, 9.17) is 0 Å². The summed E-state index contributed by atoms with van der Waals surface area (Å²) in [6.07, 6.45) is -2.75. The third kappa shape index (κ3) is 3.63. The van der Waals surface area contributed by atoms with E-state index in [-0.39, 0.29) is 5.92 Å². The number of amides is 1. The van der Waals surface area contributed by atoms with Crippen molar-refractivity contribution in [2.75, 3.05) is 13.1 Å². The van der Waals surface area contributed by atoms with Crippen molar-refractivity contribution < 1.29 is 18.0 Å². The molecule has 0 bridgehead atoms. The Kier molecular flexibility index (Phi) is 4.64. The van der Waals surface area contributed by atoms with Crippen LogP contribution in [0.2, 0.25) is 0 Å². The van der Waals surface area contributed by atoms with Gasteiger partial charge in [0.25, 0.3) is 0 Å². The fourth-order valence-corrected chi connectivity index (χ4v) is 3.81. The van der Waals surface area contributed by atoms with E-state index in [1.807, 2.05) is 13.0 Å². The molecule has 4 heterocycles. The normalized spacial score (nSPS) is 18.1. The summed E-state index contributed by atoms with van der Waals surface area (Å²) in [5.41, 5.74) is 1.89. The Bertz CT molecular complexity index is 1030. The summed E-state index contributed by atoms with van der Waals surface area (Å²) in [6.45, 7) is 2.65. The Labute approximate surface area is 158 Å². The standard InChI is InChI=1S/C18H19F3N6O/c1-10-23-15(14-12-5-7-22-16(12)25-26-17(14)24-10)11-3-2-8-27(9-11)13(28)4-6-18(19,20)21/h5,7,11H,2-4,6,8-9H2,1H3,(H,23,24,26). The second-order valence-electron chi connectivity index (χ2n) is 7.11. The minimum absolute atomic E-state index is 0.0462. The van der Waals surface area contributed by atoms with Crippen molar-refractivity contribution in [3.63, 3.8) is 0 Å². The number of hydrogen-bond donors (Lipinski definition) is 1. The maximum Gasteiger partial charge on any atom is 0.389 e. The first-order valence-corrected chi connectivity index (χ1v) is 9.14. The molecular formula is C18H19F3N6O. The fraction of sp³-hybridized carbons (Fsp3) is 0.500. The van der Waals surface area contributed by atoms with Gasteiger partial charge in [-0.3, -0.25) is 4.79 Å². The lowest BCUT2D eigenvalue weighted by Gasteiger charge is -2.33. The molecule has 7 nitrogen and oxygen atoms in total. The largest absolute Gasteiger partial charge is 0.389 e. The summed E-state index contributed by atoms with van der Waals surface area (Å²) in [7, 11) is 0. The molecule has 3 aromatic rings. The van der Waals surface area contributed by atoms with E-state index >= 15 is 0 Å². The van der Waals surface area contributed by atoms with Crippen molar-refractivity contribution in [2.24, 2.45) is 0 Å². The maximum absolute atomic E-state index is 12.5. The van der Waals surface area contributed by atoms with Crippen LogP contribution in [0.1, 0.15) is 43.1 Å². The molecule has 10 heteroatoms. The number of nitrogens with one attached hydrogen (secondary N) is 1. The summed E-state index contributed by atoms with van der Waals surface area (Å²) in [5.74, 6) is 0.156. The van der Waals surface area contributed by atoms with Crippen molar-refractivity contribution in [2.45, 2.75) is 44.7 Å². The van der Waals surface area contributed by atoms with Crippen LogP contribution in [0.4, 0.5) is 13.2 Å². The van der Waals surface area contributed by atoms with Crippen LogP contribution < -0.4 is 0 Å². The molecule has 1 saturated heterocycles. The van der Waals surface area contributed by atoms with E-state index in [0.717, 1.165) is 29.3 Å². The number of fused-ring (bicyclic) bond motifs is 3. The van der Waals surface area contributed by atoms with E-state index in [1.54, 1.807) is 6.20 Å². The van der Waals surface area contributed by atoms with Gasteiger partial charge in [-0.2, -0.15) is 13.2 Å². The number of aromatic amines is 1. The maximum atomic E-state index is 12.5. The van der Waals surface area contributed by atoms with Crippen LogP contribution in [0.3, 0.4) is 0 Å². The Morgan fingerprint density at radius 1 is 1.32 bits per heavy atom. The van der Waals surface area contributed by atoms with Gasteiger partial charge in [-0.25, -0.2) is 9.97 Å². The highest BCUT2D eigenvalue weighted by atomic mass is 19.4. The molecule has 0 aliphatic carbocycles. The number of H-pyrrole nitrogens is 1. The summed E-state index contributed by atoms with van der Waals surface area (Å²) < 4.78 is 37.4. The van der Waals surface area contributed by atoms with Gasteiger partial charge in [-0.1, -0.05) is 0 Å². The molecule has 0 radical (unpaired) electrons. The second-order valence-corrected chi connectivity index (χ2v) is 7.11. The molecule has 1 N–H and O–H groups in total. The summed E-state index contributed by atoms with van der Waals surface area (Å²) in [6, 6.07) is 1.84. The van der Waals surface area contributed by atoms with Crippen molar-refractivity contribution >= 4 is 28.0 Å². The molecule has 1 aliphatic rings. The molecule has 1 unspecified atom stereocenters. The van der Waals surface area contributed by atoms with Gasteiger partial charge in [0, 0.05) is 42.7 Å². The van der Waals surface area contributed by atoms with Gasteiger partial charge in [0.2, 0.25) is 5.91 Å². The van der Waals surface area contributed by atoms with Crippen molar-refractivity contribution in [1.29, 1.82) is 0 Å². The van der Waals surface area contributed by atoms with Gasteiger partial charge >= 0.3 is 6.18 Å². The minimum Gasteiger partial charge on any atom is -0.346 e. The molecule has 1 aliphatic heterocycles. The topological polar surface area (TPSA) is 87.7 Å². The zero-order valence-corrected chi connectivity index (χ0v) is 15.3. The molecular weight excluding hydrogens is 373 g/mol. The number of piperidine rings is 1. The third-order valence-corrected chi connectivity index (χ3v) is 5.07. The molecule has 148 valence electrons. The second kappa shape index (κ2) is 6.99. The lowest BCUT2D eigenvalue weighted by molar-refractivity contribution is -0.149. The van der Waals surface area contributed by atoms with Gasteiger partial charge < -0.3 is 9.88 Å². The first-order chi connectivity index (χ1) is 13.3. The van der Waals surface area contributed by atoms with E-state index < -0.39 is 24.9 Å². The zero-order valence-electron chi connectivity index (χ0n) is 15.3. The monoisotopic (exact) mass is 392 g/mol. The quantitative estimate of drug-likeness (QED) is 0.739. The fourth-order valence-electron chi connectivity index (χ4n) is 3.81. The SMILES string of the molecule is Cc1nc2nnc3nccc3c2c(C2CCCN(C(=O)CCC(F)(F)F)C2)[nH]1. The van der Waals surface area contributed by atoms with E-state index in [0.29, 0.717) is 30.2 Å². The summed E-state index contributed by atoms with van der Waals surface area (Å²) >= 11 is 0. The first kappa shape index (κ1) is 18.6. The van der Waals surface area contributed by atoms with Crippen LogP contribution in [0, 0.1) is 6.92 Å². The van der Waals surface area contributed by atoms with Gasteiger partial charge in [0.1, 0.15) is 5.82 Å². The number of nitrogens with zero attached hydrogens (tertiary/aromatic N) is 5. The van der Waals surface area contributed by atoms with Crippen LogP contribution >= 0.6 is 0 Å². The van der Waals surface area contributed by atoms with Crippen molar-refractivity contribution in [1.82, 2.24) is 30.0 Å². The number of alkyl halides is 3. The number of aromatic nitrogens is 5. The van der Waals surface area contributed by atoms with E-state index in [9.17, 15) is 18.0 Å². The van der Waals surface area contributed by atoms with Gasteiger partial charge in [0.15, 0.2) is 11.3 Å². The Morgan fingerprint density at radius 3 is 2.89 bits per heavy atom. The predicted octanol–water partition coefficient (Wildman–Crippen LogP) is 3.26. The molecule has 28 heavy (non-hydrogen) atoms. The Hall–Kier alpha value is -2.78. The summed E-state index contributed by atoms with van der Waals surface area (Å²) in [5, 5.41) is 9.87. The lowest BCUT2D eigenvalue weighted by atomic mass is 9.91. The van der Waals surface area contributed by atoms with Crippen LogP contribution in [0.5, 0.6) is 0 Å². The van der Waals surface area contributed by atoms with Crippen LogP contribution in [0.15, 0.2) is 12.3 Å². The van der Waals surface area contributed by atoms with E-state index in [1.165, 1.54) is 4.90 Å². The minimum atomic E-state index is -4.33. The highest BCUT2D eigenvalue weighted by Gasteiger charge is 2.32. The molecule has 3 aromatic heterocycles. The molecule has 0 aromatic carbocycles. The number of likely N-dealkylation sites (tertiary alicyclic amines) is 1. The number of rotatable bonds is 3.